The van der Waals surface area contributed by atoms with E-state index >= 15 is 0 Å². The summed E-state index contributed by atoms with van der Waals surface area (Å²) in [4.78, 5) is 4.69. The Bertz CT molecular complexity index is 1460. The first-order valence-corrected chi connectivity index (χ1v) is 11.2. The van der Waals surface area contributed by atoms with Gasteiger partial charge in [0.25, 0.3) is 0 Å². The topological polar surface area (TPSA) is 73.8 Å². The number of aliphatic hydroxyl groups is 1. The van der Waals surface area contributed by atoms with E-state index in [1.807, 2.05) is 74.5 Å². The predicted octanol–water partition coefficient (Wildman–Crippen LogP) is 6.19. The number of aromatic amines is 1. The van der Waals surface area contributed by atoms with Gasteiger partial charge in [0.05, 0.1) is 41.4 Å². The fraction of sp³-hybridized carbons (Fsp3) is 0.143. The van der Waals surface area contributed by atoms with Crippen LogP contribution in [0.1, 0.15) is 22.9 Å². The summed E-state index contributed by atoms with van der Waals surface area (Å²) in [6.45, 7) is 3.81. The Morgan fingerprint density at radius 1 is 0.971 bits per heavy atom. The minimum Gasteiger partial charge on any atom is -0.394 e. The Balaban J connectivity index is 1.65. The van der Waals surface area contributed by atoms with Crippen LogP contribution in [0.25, 0.3) is 33.3 Å². The van der Waals surface area contributed by atoms with E-state index in [0.717, 1.165) is 44.5 Å². The van der Waals surface area contributed by atoms with Crippen molar-refractivity contribution in [2.45, 2.75) is 19.9 Å². The lowest BCUT2D eigenvalue weighted by Gasteiger charge is -2.20. The van der Waals surface area contributed by atoms with Crippen molar-refractivity contribution < 1.29 is 9.50 Å². The standard InChI is InChI=1S/C28H25FN4O/c1-17-8-10-25(29)24(12-17)28-23(20-9-11-26-22(13-20)18(2)32-33-26)14-21(15-30-28)31-27(16-34)19-6-4-3-5-7-19/h3-15,27,31,34H,16H2,1-2H3,(H,32,33). The van der Waals surface area contributed by atoms with E-state index in [1.54, 1.807) is 12.3 Å². The Morgan fingerprint density at radius 2 is 1.79 bits per heavy atom. The van der Waals surface area contributed by atoms with Gasteiger partial charge in [-0.2, -0.15) is 5.10 Å². The fourth-order valence-corrected chi connectivity index (χ4v) is 4.23. The summed E-state index contributed by atoms with van der Waals surface area (Å²) in [6.07, 6.45) is 1.69. The number of pyridine rings is 1. The molecule has 0 spiro atoms. The van der Waals surface area contributed by atoms with Crippen LogP contribution in [-0.2, 0) is 0 Å². The lowest BCUT2D eigenvalue weighted by molar-refractivity contribution is 0.276. The molecule has 6 heteroatoms. The number of rotatable bonds is 6. The molecule has 1 atom stereocenters. The van der Waals surface area contributed by atoms with Crippen molar-refractivity contribution >= 4 is 16.6 Å². The molecular formula is C28H25FN4O. The van der Waals surface area contributed by atoms with Gasteiger partial charge in [-0.1, -0.05) is 48.0 Å². The first-order valence-electron chi connectivity index (χ1n) is 11.2. The third-order valence-electron chi connectivity index (χ3n) is 6.05. The number of hydrogen-bond acceptors (Lipinski definition) is 4. The van der Waals surface area contributed by atoms with Crippen LogP contribution in [-0.4, -0.2) is 26.9 Å². The molecule has 0 radical (unpaired) electrons. The van der Waals surface area contributed by atoms with Crippen LogP contribution in [0, 0.1) is 19.7 Å². The third-order valence-corrected chi connectivity index (χ3v) is 6.05. The van der Waals surface area contributed by atoms with E-state index in [-0.39, 0.29) is 18.5 Å². The first-order chi connectivity index (χ1) is 16.5. The van der Waals surface area contributed by atoms with Crippen molar-refractivity contribution in [1.29, 1.82) is 0 Å². The monoisotopic (exact) mass is 452 g/mol. The highest BCUT2D eigenvalue weighted by atomic mass is 19.1. The minimum absolute atomic E-state index is 0.0756. The summed E-state index contributed by atoms with van der Waals surface area (Å²) in [6, 6.07) is 22.5. The normalized spacial score (nSPS) is 12.1. The maximum Gasteiger partial charge on any atom is 0.132 e. The lowest BCUT2D eigenvalue weighted by atomic mass is 9.96. The van der Waals surface area contributed by atoms with Crippen LogP contribution in [0.5, 0.6) is 0 Å². The lowest BCUT2D eigenvalue weighted by Crippen LogP contribution is -2.15. The van der Waals surface area contributed by atoms with Crippen LogP contribution in [0.2, 0.25) is 0 Å². The van der Waals surface area contributed by atoms with E-state index in [1.165, 1.54) is 6.07 Å². The van der Waals surface area contributed by atoms with Crippen molar-refractivity contribution in [3.05, 3.63) is 102 Å². The molecule has 0 bridgehead atoms. The highest BCUT2D eigenvalue weighted by Gasteiger charge is 2.17. The third kappa shape index (κ3) is 4.16. The quantitative estimate of drug-likeness (QED) is 0.287. The van der Waals surface area contributed by atoms with Gasteiger partial charge < -0.3 is 10.4 Å². The number of nitrogens with zero attached hydrogens (tertiary/aromatic N) is 2. The number of aliphatic hydroxyl groups excluding tert-OH is 1. The number of benzene rings is 3. The molecule has 1 unspecified atom stereocenters. The van der Waals surface area contributed by atoms with Crippen molar-refractivity contribution in [2.75, 3.05) is 11.9 Å². The second kappa shape index (κ2) is 9.08. The van der Waals surface area contributed by atoms with Gasteiger partial charge in [-0.15, -0.1) is 0 Å². The Kier molecular flexibility index (Phi) is 5.82. The zero-order valence-corrected chi connectivity index (χ0v) is 19.0. The molecule has 5 rings (SSSR count). The van der Waals surface area contributed by atoms with Crippen molar-refractivity contribution in [3.63, 3.8) is 0 Å². The van der Waals surface area contributed by atoms with Crippen LogP contribution >= 0.6 is 0 Å². The second-order valence-electron chi connectivity index (χ2n) is 8.46. The summed E-state index contributed by atoms with van der Waals surface area (Å²) < 4.78 is 14.9. The molecule has 0 saturated heterocycles. The molecule has 5 nitrogen and oxygen atoms in total. The number of fused-ring (bicyclic) bond motifs is 1. The van der Waals surface area contributed by atoms with Gasteiger partial charge in [0.2, 0.25) is 0 Å². The maximum absolute atomic E-state index is 14.9. The molecule has 0 aliphatic carbocycles. The summed E-state index contributed by atoms with van der Waals surface area (Å²) in [5, 5.41) is 21.7. The Morgan fingerprint density at radius 3 is 2.59 bits per heavy atom. The average molecular weight is 453 g/mol. The van der Waals surface area contributed by atoms with E-state index in [0.29, 0.717) is 11.3 Å². The molecule has 0 saturated carbocycles. The molecule has 170 valence electrons. The number of H-pyrrole nitrogens is 1. The number of aryl methyl sites for hydroxylation is 2. The molecule has 0 fully saturated rings. The second-order valence-corrected chi connectivity index (χ2v) is 8.46. The number of hydrogen-bond donors (Lipinski definition) is 3. The molecule has 0 aliphatic rings. The van der Waals surface area contributed by atoms with Gasteiger partial charge in [0.15, 0.2) is 0 Å². The van der Waals surface area contributed by atoms with Crippen LogP contribution in [0.4, 0.5) is 10.1 Å². The fourth-order valence-electron chi connectivity index (χ4n) is 4.23. The molecule has 0 aliphatic heterocycles. The smallest absolute Gasteiger partial charge is 0.132 e. The van der Waals surface area contributed by atoms with Crippen LogP contribution < -0.4 is 5.32 Å². The predicted molar refractivity (Wildman–Crippen MR) is 134 cm³/mol. The summed E-state index contributed by atoms with van der Waals surface area (Å²) in [5.41, 5.74) is 7.21. The minimum atomic E-state index is -0.321. The molecule has 34 heavy (non-hydrogen) atoms. The van der Waals surface area contributed by atoms with E-state index in [2.05, 4.69) is 15.5 Å². The highest BCUT2D eigenvalue weighted by Crippen LogP contribution is 2.36. The maximum atomic E-state index is 14.9. The van der Waals surface area contributed by atoms with Gasteiger partial charge in [0, 0.05) is 16.5 Å². The summed E-state index contributed by atoms with van der Waals surface area (Å²) in [7, 11) is 0. The van der Waals surface area contributed by atoms with Gasteiger partial charge in [0.1, 0.15) is 5.82 Å². The number of halogens is 1. The SMILES string of the molecule is Cc1ccc(F)c(-c2ncc(NC(CO)c3ccccc3)cc2-c2ccc3[nH]nc(C)c3c2)c1. The molecule has 2 aromatic heterocycles. The highest BCUT2D eigenvalue weighted by molar-refractivity contribution is 5.90. The zero-order chi connectivity index (χ0) is 23.7. The van der Waals surface area contributed by atoms with E-state index < -0.39 is 0 Å². The molecule has 0 amide bonds. The summed E-state index contributed by atoms with van der Waals surface area (Å²) in [5.74, 6) is -0.321. The molecule has 5 aromatic rings. The molecular weight excluding hydrogens is 427 g/mol. The van der Waals surface area contributed by atoms with Crippen LogP contribution in [0.3, 0.4) is 0 Å². The van der Waals surface area contributed by atoms with Gasteiger partial charge in [-0.05, 0) is 55.3 Å². The largest absolute Gasteiger partial charge is 0.394 e. The first kappa shape index (κ1) is 21.8. The van der Waals surface area contributed by atoms with Gasteiger partial charge in [-0.25, -0.2) is 4.39 Å². The Hall–Kier alpha value is -4.03. The molecule has 3 N–H and O–H groups in total. The summed E-state index contributed by atoms with van der Waals surface area (Å²) >= 11 is 0. The van der Waals surface area contributed by atoms with Crippen molar-refractivity contribution in [1.82, 2.24) is 15.2 Å². The van der Waals surface area contributed by atoms with Crippen LogP contribution in [0.15, 0.2) is 79.0 Å². The number of aromatic nitrogens is 3. The zero-order valence-electron chi connectivity index (χ0n) is 19.0. The van der Waals surface area contributed by atoms with Gasteiger partial charge >= 0.3 is 0 Å². The average Bonchev–Trinajstić information content (AvgIpc) is 3.24. The molecule has 3 aromatic carbocycles. The van der Waals surface area contributed by atoms with E-state index in [4.69, 9.17) is 4.98 Å². The Labute approximate surface area is 197 Å². The number of anilines is 1. The number of nitrogens with one attached hydrogen (secondary N) is 2. The molecule has 2 heterocycles. The van der Waals surface area contributed by atoms with E-state index in [9.17, 15) is 9.50 Å². The van der Waals surface area contributed by atoms with Gasteiger partial charge in [-0.3, -0.25) is 10.1 Å². The van der Waals surface area contributed by atoms with Crippen molar-refractivity contribution in [3.8, 4) is 22.4 Å². The van der Waals surface area contributed by atoms with Crippen molar-refractivity contribution in [2.24, 2.45) is 0 Å².